The van der Waals surface area contributed by atoms with Crippen LogP contribution in [-0.2, 0) is 32.7 Å². The lowest BCUT2D eigenvalue weighted by Crippen LogP contribution is -2.29. The van der Waals surface area contributed by atoms with Crippen molar-refractivity contribution in [3.8, 4) is 0 Å². The Morgan fingerprint density at radius 2 is 0.881 bits per heavy atom. The fourth-order valence-corrected chi connectivity index (χ4v) is 7.34. The van der Waals surface area contributed by atoms with Gasteiger partial charge in [0.2, 0.25) is 0 Å². The predicted molar refractivity (Wildman–Crippen MR) is 242 cm³/mol. The van der Waals surface area contributed by atoms with Gasteiger partial charge in [-0.05, 0) is 70.6 Å². The highest BCUT2D eigenvalue weighted by molar-refractivity contribution is 7.47. The maximum absolute atomic E-state index is 12.7. The van der Waals surface area contributed by atoms with Crippen LogP contribution in [0.3, 0.4) is 0 Å². The highest BCUT2D eigenvalue weighted by Gasteiger charge is 2.27. The lowest BCUT2D eigenvalue weighted by Gasteiger charge is -2.20. The van der Waals surface area contributed by atoms with E-state index in [0.717, 1.165) is 57.8 Å². The summed E-state index contributed by atoms with van der Waals surface area (Å²) in [6.07, 6.45) is 46.7. The van der Waals surface area contributed by atoms with Crippen LogP contribution < -0.4 is 0 Å². The summed E-state index contributed by atoms with van der Waals surface area (Å²) in [6.45, 7) is 2.37. The van der Waals surface area contributed by atoms with Crippen molar-refractivity contribution >= 4 is 19.8 Å². The van der Waals surface area contributed by atoms with Gasteiger partial charge in [0.05, 0.1) is 19.8 Å². The number of phosphoric ester groups is 1. The van der Waals surface area contributed by atoms with Crippen LogP contribution in [-0.4, -0.2) is 65.7 Å². The standard InChI is InChI=1S/C48H89O10P/c1-3-5-7-9-11-13-15-17-19-21-22-24-26-28-30-32-34-36-38-40-48(52)58-46(44-57-59(53,54)56-42-45(50)41-49)43-55-47(51)39-37-35-33-31-29-27-25-23-20-18-16-14-12-10-8-6-4-2/h11,13,17-20,45-46,49-50H,3-10,12,14-16,21-44H2,1-2H3,(H,53,54)/b13-11-,19-17-,20-18-. The Labute approximate surface area is 361 Å². The average Bonchev–Trinajstić information content (AvgIpc) is 3.22. The van der Waals surface area contributed by atoms with Crippen LogP contribution in [0.5, 0.6) is 0 Å². The summed E-state index contributed by atoms with van der Waals surface area (Å²) in [5.74, 6) is -0.929. The van der Waals surface area contributed by atoms with Crippen LogP contribution in [0.15, 0.2) is 36.5 Å². The molecule has 0 radical (unpaired) electrons. The van der Waals surface area contributed by atoms with Gasteiger partial charge < -0.3 is 24.6 Å². The molecule has 10 nitrogen and oxygen atoms in total. The molecular weight excluding hydrogens is 767 g/mol. The lowest BCUT2D eigenvalue weighted by atomic mass is 10.1. The number of allylic oxidation sites excluding steroid dienone is 6. The number of aliphatic hydroxyl groups excluding tert-OH is 2. The first-order valence-electron chi connectivity index (χ1n) is 23.9. The number of carbonyl (C=O) groups excluding carboxylic acids is 2. The predicted octanol–water partition coefficient (Wildman–Crippen LogP) is 13.1. The van der Waals surface area contributed by atoms with E-state index < -0.39 is 51.8 Å². The first-order chi connectivity index (χ1) is 28.7. The number of carbonyl (C=O) groups is 2. The zero-order valence-corrected chi connectivity index (χ0v) is 38.6. The molecule has 0 aliphatic rings. The Hall–Kier alpha value is -1.81. The molecule has 3 N–H and O–H groups in total. The molecule has 0 heterocycles. The normalized spacial score (nSPS) is 14.1. The van der Waals surface area contributed by atoms with Gasteiger partial charge >= 0.3 is 19.8 Å². The second-order valence-electron chi connectivity index (χ2n) is 16.1. The van der Waals surface area contributed by atoms with Crippen molar-refractivity contribution in [2.75, 3.05) is 26.4 Å². The maximum Gasteiger partial charge on any atom is 0.472 e. The Morgan fingerprint density at radius 3 is 1.36 bits per heavy atom. The number of unbranched alkanes of at least 4 members (excludes halogenated alkanes) is 25. The molecule has 3 unspecified atom stereocenters. The zero-order chi connectivity index (χ0) is 43.3. The van der Waals surface area contributed by atoms with Crippen molar-refractivity contribution in [3.63, 3.8) is 0 Å². The average molecular weight is 857 g/mol. The summed E-state index contributed by atoms with van der Waals surface area (Å²) in [7, 11) is -4.62. The van der Waals surface area contributed by atoms with Gasteiger partial charge in [-0.2, -0.15) is 0 Å². The number of hydrogen-bond donors (Lipinski definition) is 3. The summed E-state index contributed by atoms with van der Waals surface area (Å²) in [4.78, 5) is 35.1. The lowest BCUT2D eigenvalue weighted by molar-refractivity contribution is -0.161. The first kappa shape index (κ1) is 57.2. The van der Waals surface area contributed by atoms with Crippen molar-refractivity contribution in [1.82, 2.24) is 0 Å². The fraction of sp³-hybridized carbons (Fsp3) is 0.833. The summed E-state index contributed by atoms with van der Waals surface area (Å²) in [5.41, 5.74) is 0. The molecule has 0 rings (SSSR count). The zero-order valence-electron chi connectivity index (χ0n) is 37.7. The van der Waals surface area contributed by atoms with Crippen molar-refractivity contribution < 1.29 is 47.8 Å². The number of aliphatic hydroxyl groups is 2. The SMILES string of the molecule is CCCCC/C=C\C/C=C\CCCCCCCCCCCC(=O)OC(COC(=O)CCCCCCCCC/C=C\CCCCCCCC)COP(=O)(O)OCC(O)CO. The van der Waals surface area contributed by atoms with Gasteiger partial charge in [-0.25, -0.2) is 4.57 Å². The minimum atomic E-state index is -4.62. The molecule has 3 atom stereocenters. The van der Waals surface area contributed by atoms with Crippen LogP contribution >= 0.6 is 7.82 Å². The Morgan fingerprint density at radius 1 is 0.508 bits per heavy atom. The van der Waals surface area contributed by atoms with Crippen LogP contribution in [0, 0.1) is 0 Å². The summed E-state index contributed by atoms with van der Waals surface area (Å²) >= 11 is 0. The van der Waals surface area contributed by atoms with Crippen LogP contribution in [0.2, 0.25) is 0 Å². The summed E-state index contributed by atoms with van der Waals surface area (Å²) in [6, 6.07) is 0. The number of ether oxygens (including phenoxy) is 2. The fourth-order valence-electron chi connectivity index (χ4n) is 6.55. The number of hydrogen-bond acceptors (Lipinski definition) is 9. The Bertz CT molecular complexity index is 1080. The minimum Gasteiger partial charge on any atom is -0.462 e. The smallest absolute Gasteiger partial charge is 0.462 e. The van der Waals surface area contributed by atoms with Gasteiger partial charge in [0.15, 0.2) is 6.10 Å². The molecule has 0 aliphatic heterocycles. The van der Waals surface area contributed by atoms with Gasteiger partial charge in [-0.3, -0.25) is 18.6 Å². The third-order valence-electron chi connectivity index (χ3n) is 10.3. The molecule has 0 aromatic rings. The molecule has 0 aromatic carbocycles. The van der Waals surface area contributed by atoms with E-state index in [9.17, 15) is 24.2 Å². The summed E-state index contributed by atoms with van der Waals surface area (Å²) < 4.78 is 32.8. The molecule has 0 saturated heterocycles. The molecule has 346 valence electrons. The van der Waals surface area contributed by atoms with Crippen molar-refractivity contribution in [1.29, 1.82) is 0 Å². The quantitative estimate of drug-likeness (QED) is 0.0234. The largest absolute Gasteiger partial charge is 0.472 e. The van der Waals surface area contributed by atoms with Gasteiger partial charge in [-0.1, -0.05) is 172 Å². The van der Waals surface area contributed by atoms with E-state index in [4.69, 9.17) is 23.6 Å². The van der Waals surface area contributed by atoms with E-state index in [1.54, 1.807) is 0 Å². The third-order valence-corrected chi connectivity index (χ3v) is 11.2. The molecule has 0 spiro atoms. The van der Waals surface area contributed by atoms with Crippen LogP contribution in [0.4, 0.5) is 0 Å². The molecule has 0 fully saturated rings. The molecule has 0 amide bonds. The third kappa shape index (κ3) is 44.1. The van der Waals surface area contributed by atoms with E-state index in [2.05, 4.69) is 50.3 Å². The Balaban J connectivity index is 4.23. The van der Waals surface area contributed by atoms with Crippen molar-refractivity contribution in [2.45, 2.75) is 232 Å². The molecule has 11 heteroatoms. The Kier molecular flexibility index (Phi) is 42.9. The topological polar surface area (TPSA) is 149 Å². The number of phosphoric acid groups is 1. The molecular formula is C48H89O10P. The van der Waals surface area contributed by atoms with Gasteiger partial charge in [0, 0.05) is 12.8 Å². The molecule has 0 aliphatic carbocycles. The molecule has 0 saturated carbocycles. The minimum absolute atomic E-state index is 0.179. The van der Waals surface area contributed by atoms with Crippen LogP contribution in [0.1, 0.15) is 219 Å². The molecule has 0 bridgehead atoms. The van der Waals surface area contributed by atoms with E-state index in [-0.39, 0.29) is 19.4 Å². The highest BCUT2D eigenvalue weighted by Crippen LogP contribution is 2.43. The van der Waals surface area contributed by atoms with E-state index >= 15 is 0 Å². The second kappa shape index (κ2) is 44.3. The first-order valence-corrected chi connectivity index (χ1v) is 25.4. The highest BCUT2D eigenvalue weighted by atomic mass is 31.2. The number of esters is 2. The van der Waals surface area contributed by atoms with Crippen molar-refractivity contribution in [3.05, 3.63) is 36.5 Å². The second-order valence-corrected chi connectivity index (χ2v) is 17.6. The van der Waals surface area contributed by atoms with Crippen LogP contribution in [0.25, 0.3) is 0 Å². The van der Waals surface area contributed by atoms with E-state index in [0.29, 0.717) is 12.8 Å². The van der Waals surface area contributed by atoms with Gasteiger partial charge in [-0.15, -0.1) is 0 Å². The van der Waals surface area contributed by atoms with Crippen molar-refractivity contribution in [2.24, 2.45) is 0 Å². The van der Waals surface area contributed by atoms with Gasteiger partial charge in [0.25, 0.3) is 0 Å². The van der Waals surface area contributed by atoms with E-state index in [1.807, 2.05) is 0 Å². The monoisotopic (exact) mass is 857 g/mol. The molecule has 0 aromatic heterocycles. The maximum atomic E-state index is 12.7. The molecule has 59 heavy (non-hydrogen) atoms. The van der Waals surface area contributed by atoms with E-state index in [1.165, 1.54) is 122 Å². The summed E-state index contributed by atoms with van der Waals surface area (Å²) in [5, 5.41) is 18.4. The number of rotatable bonds is 45. The van der Waals surface area contributed by atoms with Gasteiger partial charge in [0.1, 0.15) is 12.7 Å².